The summed E-state index contributed by atoms with van der Waals surface area (Å²) in [5.41, 5.74) is 8.17. The van der Waals surface area contributed by atoms with Crippen molar-refractivity contribution in [3.63, 3.8) is 0 Å². The van der Waals surface area contributed by atoms with E-state index in [1.807, 2.05) is 12.1 Å². The van der Waals surface area contributed by atoms with Crippen LogP contribution in [0.1, 0.15) is 25.3 Å². The number of nitrogens with zero attached hydrogens (tertiary/aromatic N) is 1. The van der Waals surface area contributed by atoms with E-state index in [1.165, 1.54) is 18.4 Å². The fourth-order valence-electron chi connectivity index (χ4n) is 1.56. The molecule has 1 aliphatic carbocycles. The first-order valence-corrected chi connectivity index (χ1v) is 6.12. The average Bonchev–Trinajstić information content (AvgIpc) is 3.04. The van der Waals surface area contributed by atoms with Gasteiger partial charge in [-0.3, -0.25) is 0 Å². The van der Waals surface area contributed by atoms with Crippen molar-refractivity contribution in [2.24, 2.45) is 16.6 Å². The molecule has 80 valence electrons. The molecule has 1 aliphatic rings. The van der Waals surface area contributed by atoms with Crippen molar-refractivity contribution >= 4 is 27.5 Å². The predicted octanol–water partition coefficient (Wildman–Crippen LogP) is 3.41. The van der Waals surface area contributed by atoms with Gasteiger partial charge in [-0.2, -0.15) is 0 Å². The third kappa shape index (κ3) is 2.59. The number of aliphatic imine (C=N–C) groups is 1. The number of benzene rings is 1. The molecule has 0 unspecified atom stereocenters. The van der Waals surface area contributed by atoms with E-state index in [4.69, 9.17) is 5.73 Å². The molecule has 0 radical (unpaired) electrons. The first-order valence-electron chi connectivity index (χ1n) is 5.33. The average molecular weight is 267 g/mol. The van der Waals surface area contributed by atoms with Crippen molar-refractivity contribution in [2.45, 2.75) is 26.2 Å². The van der Waals surface area contributed by atoms with Crippen molar-refractivity contribution in [3.05, 3.63) is 28.2 Å². The predicted molar refractivity (Wildman–Crippen MR) is 67.5 cm³/mol. The normalized spacial score (nSPS) is 16.8. The van der Waals surface area contributed by atoms with Gasteiger partial charge in [0.15, 0.2) is 0 Å². The van der Waals surface area contributed by atoms with E-state index in [0.29, 0.717) is 5.92 Å². The minimum Gasteiger partial charge on any atom is -0.387 e. The Balaban J connectivity index is 2.30. The Hall–Kier alpha value is -0.830. The van der Waals surface area contributed by atoms with Gasteiger partial charge in [0.05, 0.1) is 5.69 Å². The molecule has 0 bridgehead atoms. The van der Waals surface area contributed by atoms with Crippen LogP contribution in [0.2, 0.25) is 0 Å². The number of rotatable bonds is 3. The second-order valence-electron chi connectivity index (χ2n) is 3.94. The van der Waals surface area contributed by atoms with Crippen LogP contribution < -0.4 is 5.73 Å². The molecule has 0 spiro atoms. The molecule has 2 nitrogen and oxygen atoms in total. The molecule has 0 aliphatic heterocycles. The van der Waals surface area contributed by atoms with E-state index in [9.17, 15) is 0 Å². The van der Waals surface area contributed by atoms with Crippen molar-refractivity contribution in [1.29, 1.82) is 0 Å². The van der Waals surface area contributed by atoms with Crippen LogP contribution in [0.3, 0.4) is 0 Å². The van der Waals surface area contributed by atoms with Gasteiger partial charge in [0.1, 0.15) is 5.84 Å². The van der Waals surface area contributed by atoms with Gasteiger partial charge >= 0.3 is 0 Å². The van der Waals surface area contributed by atoms with E-state index in [0.717, 1.165) is 22.4 Å². The summed E-state index contributed by atoms with van der Waals surface area (Å²) >= 11 is 3.46. The van der Waals surface area contributed by atoms with Crippen LogP contribution in [-0.2, 0) is 6.42 Å². The highest BCUT2D eigenvalue weighted by Gasteiger charge is 2.25. The summed E-state index contributed by atoms with van der Waals surface area (Å²) in [4.78, 5) is 4.51. The lowest BCUT2D eigenvalue weighted by molar-refractivity contribution is 1.11. The van der Waals surface area contributed by atoms with Crippen molar-refractivity contribution in [1.82, 2.24) is 0 Å². The van der Waals surface area contributed by atoms with Gasteiger partial charge in [0.25, 0.3) is 0 Å². The topological polar surface area (TPSA) is 38.4 Å². The summed E-state index contributed by atoms with van der Waals surface area (Å²) < 4.78 is 1.10. The summed E-state index contributed by atoms with van der Waals surface area (Å²) in [6, 6.07) is 6.15. The van der Waals surface area contributed by atoms with Crippen LogP contribution in [0.5, 0.6) is 0 Å². The molecule has 2 rings (SSSR count). The van der Waals surface area contributed by atoms with E-state index in [1.54, 1.807) is 0 Å². The maximum atomic E-state index is 5.91. The lowest BCUT2D eigenvalue weighted by Gasteiger charge is -2.05. The highest BCUT2D eigenvalue weighted by Crippen LogP contribution is 2.31. The molecule has 3 heteroatoms. The van der Waals surface area contributed by atoms with Gasteiger partial charge in [-0.15, -0.1) is 0 Å². The Morgan fingerprint density at radius 2 is 2.27 bits per heavy atom. The summed E-state index contributed by atoms with van der Waals surface area (Å²) in [6.07, 6.45) is 3.39. The quantitative estimate of drug-likeness (QED) is 0.661. The number of halogens is 1. The lowest BCUT2D eigenvalue weighted by Crippen LogP contribution is -2.13. The fourth-order valence-corrected chi connectivity index (χ4v) is 1.96. The third-order valence-corrected chi connectivity index (χ3v) is 3.16. The van der Waals surface area contributed by atoms with E-state index in [2.05, 4.69) is 33.9 Å². The molecular weight excluding hydrogens is 252 g/mol. The number of hydrogen-bond donors (Lipinski definition) is 1. The van der Waals surface area contributed by atoms with Crippen molar-refractivity contribution < 1.29 is 0 Å². The Labute approximate surface area is 98.7 Å². The Bertz CT molecular complexity index is 395. The van der Waals surface area contributed by atoms with Crippen LogP contribution in [0, 0.1) is 5.92 Å². The molecule has 1 saturated carbocycles. The zero-order chi connectivity index (χ0) is 10.8. The molecule has 0 heterocycles. The number of aryl methyl sites for hydroxylation is 1. The van der Waals surface area contributed by atoms with Crippen LogP contribution in [0.25, 0.3) is 0 Å². The van der Waals surface area contributed by atoms with Crippen LogP contribution in [0.15, 0.2) is 27.7 Å². The largest absolute Gasteiger partial charge is 0.387 e. The fraction of sp³-hybridized carbons (Fsp3) is 0.417. The summed E-state index contributed by atoms with van der Waals surface area (Å²) in [5, 5.41) is 0. The number of hydrogen-bond acceptors (Lipinski definition) is 1. The standard InChI is InChI=1S/C12H15BrN2/c1-2-8-7-10(13)5-6-11(8)15-12(14)9-3-4-9/h5-7,9H,2-4H2,1H3,(H2,14,15). The van der Waals surface area contributed by atoms with Crippen molar-refractivity contribution in [3.8, 4) is 0 Å². The Morgan fingerprint density at radius 1 is 1.53 bits per heavy atom. The molecule has 1 aromatic carbocycles. The molecule has 0 aromatic heterocycles. The molecule has 1 fully saturated rings. The van der Waals surface area contributed by atoms with Crippen molar-refractivity contribution in [2.75, 3.05) is 0 Å². The maximum absolute atomic E-state index is 5.91. The maximum Gasteiger partial charge on any atom is 0.103 e. The first kappa shape index (κ1) is 10.7. The third-order valence-electron chi connectivity index (χ3n) is 2.67. The van der Waals surface area contributed by atoms with Gasteiger partial charge in [0.2, 0.25) is 0 Å². The second kappa shape index (κ2) is 4.35. The summed E-state index contributed by atoms with van der Waals surface area (Å²) in [5.74, 6) is 1.34. The number of nitrogens with two attached hydrogens (primary N) is 1. The van der Waals surface area contributed by atoms with E-state index in [-0.39, 0.29) is 0 Å². The Kier molecular flexibility index (Phi) is 3.10. The number of amidine groups is 1. The molecule has 15 heavy (non-hydrogen) atoms. The van der Waals surface area contributed by atoms with Gasteiger partial charge < -0.3 is 5.73 Å². The molecular formula is C12H15BrN2. The zero-order valence-corrected chi connectivity index (χ0v) is 10.4. The van der Waals surface area contributed by atoms with Crippen LogP contribution in [-0.4, -0.2) is 5.84 Å². The molecule has 0 saturated heterocycles. The zero-order valence-electron chi connectivity index (χ0n) is 8.83. The van der Waals surface area contributed by atoms with Gasteiger partial charge in [-0.25, -0.2) is 4.99 Å². The SMILES string of the molecule is CCc1cc(Br)ccc1N=C(N)C1CC1. The van der Waals surface area contributed by atoms with E-state index >= 15 is 0 Å². The molecule has 2 N–H and O–H groups in total. The lowest BCUT2D eigenvalue weighted by atomic mass is 10.1. The highest BCUT2D eigenvalue weighted by atomic mass is 79.9. The minimum absolute atomic E-state index is 0.540. The highest BCUT2D eigenvalue weighted by molar-refractivity contribution is 9.10. The van der Waals surface area contributed by atoms with E-state index < -0.39 is 0 Å². The summed E-state index contributed by atoms with van der Waals surface area (Å²) in [7, 11) is 0. The molecule has 0 amide bonds. The Morgan fingerprint density at radius 3 is 2.87 bits per heavy atom. The second-order valence-corrected chi connectivity index (χ2v) is 4.85. The molecule has 1 aromatic rings. The van der Waals surface area contributed by atoms with Crippen LogP contribution >= 0.6 is 15.9 Å². The minimum atomic E-state index is 0.540. The van der Waals surface area contributed by atoms with Gasteiger partial charge in [-0.05, 0) is 43.0 Å². The summed E-state index contributed by atoms with van der Waals surface area (Å²) in [6.45, 7) is 2.13. The first-order chi connectivity index (χ1) is 7.20. The monoisotopic (exact) mass is 266 g/mol. The molecule has 0 atom stereocenters. The van der Waals surface area contributed by atoms with Crippen LogP contribution in [0.4, 0.5) is 5.69 Å². The van der Waals surface area contributed by atoms with Gasteiger partial charge in [0, 0.05) is 10.4 Å². The van der Waals surface area contributed by atoms with Gasteiger partial charge in [-0.1, -0.05) is 22.9 Å². The smallest absolute Gasteiger partial charge is 0.103 e.